The van der Waals surface area contributed by atoms with Gasteiger partial charge in [0.1, 0.15) is 5.54 Å². The molecule has 0 aromatic heterocycles. The van der Waals surface area contributed by atoms with Gasteiger partial charge in [0.25, 0.3) is 0 Å². The summed E-state index contributed by atoms with van der Waals surface area (Å²) in [6.07, 6.45) is 1.46. The first kappa shape index (κ1) is 17.4. The summed E-state index contributed by atoms with van der Waals surface area (Å²) < 4.78 is 6.37. The van der Waals surface area contributed by atoms with Gasteiger partial charge in [-0.1, -0.05) is 28.1 Å². The number of nitrogens with two attached hydrogens (primary N) is 1. The van der Waals surface area contributed by atoms with E-state index < -0.39 is 5.54 Å². The summed E-state index contributed by atoms with van der Waals surface area (Å²) in [5.41, 5.74) is 5.71. The fraction of sp³-hybridized carbons (Fsp3) is 0.562. The van der Waals surface area contributed by atoms with E-state index in [0.29, 0.717) is 26.2 Å². The van der Waals surface area contributed by atoms with Gasteiger partial charge in [0, 0.05) is 29.6 Å². The molecular weight excluding hydrogens is 348 g/mol. The fourth-order valence-electron chi connectivity index (χ4n) is 2.69. The Morgan fingerprint density at radius 2 is 2.18 bits per heavy atom. The van der Waals surface area contributed by atoms with E-state index in [1.165, 1.54) is 0 Å². The number of hydrogen-bond acceptors (Lipinski definition) is 4. The van der Waals surface area contributed by atoms with Crippen molar-refractivity contribution < 1.29 is 14.6 Å². The van der Waals surface area contributed by atoms with E-state index in [1.807, 2.05) is 24.3 Å². The van der Waals surface area contributed by atoms with Crippen LogP contribution in [0.15, 0.2) is 28.7 Å². The van der Waals surface area contributed by atoms with Gasteiger partial charge in [-0.3, -0.25) is 4.79 Å². The van der Waals surface area contributed by atoms with E-state index in [9.17, 15) is 9.90 Å². The molecule has 1 aliphatic rings. The molecule has 4 N–H and O–H groups in total. The van der Waals surface area contributed by atoms with E-state index in [4.69, 9.17) is 10.5 Å². The highest BCUT2D eigenvalue weighted by Gasteiger charge is 2.37. The first-order valence-electron chi connectivity index (χ1n) is 7.41. The molecular formula is C16H23BrN2O3. The van der Waals surface area contributed by atoms with Crippen molar-refractivity contribution in [2.45, 2.75) is 25.3 Å². The van der Waals surface area contributed by atoms with Crippen LogP contribution in [0.5, 0.6) is 0 Å². The molecule has 1 saturated heterocycles. The van der Waals surface area contributed by atoms with Gasteiger partial charge in [0.05, 0.1) is 6.61 Å². The standard InChI is InChI=1S/C16H23BrN2O3/c1-15(18,12-2-4-13(17)5-3-12)14(21)19-10-16(6-8-20)7-9-22-11-16/h2-5,20H,6-11,18H2,1H3,(H,19,21). The maximum atomic E-state index is 12.5. The third-order valence-electron chi connectivity index (χ3n) is 4.37. The molecule has 5 nitrogen and oxygen atoms in total. The number of amides is 1. The summed E-state index contributed by atoms with van der Waals surface area (Å²) in [7, 11) is 0. The number of ether oxygens (including phenoxy) is 1. The van der Waals surface area contributed by atoms with Crippen molar-refractivity contribution in [2.75, 3.05) is 26.4 Å². The van der Waals surface area contributed by atoms with Crippen molar-refractivity contribution in [2.24, 2.45) is 11.1 Å². The van der Waals surface area contributed by atoms with E-state index in [1.54, 1.807) is 6.92 Å². The molecule has 0 bridgehead atoms. The van der Waals surface area contributed by atoms with Crippen LogP contribution in [0.1, 0.15) is 25.3 Å². The number of carbonyl (C=O) groups excluding carboxylic acids is 1. The molecule has 0 aliphatic carbocycles. The van der Waals surface area contributed by atoms with Crippen LogP contribution in [-0.4, -0.2) is 37.4 Å². The minimum Gasteiger partial charge on any atom is -0.396 e. The minimum atomic E-state index is -1.10. The van der Waals surface area contributed by atoms with Crippen LogP contribution in [0.4, 0.5) is 0 Å². The number of halogens is 1. The van der Waals surface area contributed by atoms with Crippen LogP contribution in [0, 0.1) is 5.41 Å². The molecule has 2 rings (SSSR count). The maximum Gasteiger partial charge on any atom is 0.244 e. The Kier molecular flexibility index (Phi) is 5.60. The molecule has 1 aromatic carbocycles. The summed E-state index contributed by atoms with van der Waals surface area (Å²) in [6.45, 7) is 3.49. The Morgan fingerprint density at radius 1 is 1.50 bits per heavy atom. The lowest BCUT2D eigenvalue weighted by atomic mass is 9.83. The van der Waals surface area contributed by atoms with Crippen molar-refractivity contribution in [1.29, 1.82) is 0 Å². The molecule has 0 saturated carbocycles. The van der Waals surface area contributed by atoms with Crippen molar-refractivity contribution in [3.63, 3.8) is 0 Å². The lowest BCUT2D eigenvalue weighted by Gasteiger charge is -2.30. The molecule has 2 atom stereocenters. The lowest BCUT2D eigenvalue weighted by Crippen LogP contribution is -2.51. The molecule has 1 aromatic rings. The summed E-state index contributed by atoms with van der Waals surface area (Å²) in [4.78, 5) is 12.5. The summed E-state index contributed by atoms with van der Waals surface area (Å²) >= 11 is 3.37. The van der Waals surface area contributed by atoms with Crippen molar-refractivity contribution in [3.05, 3.63) is 34.3 Å². The van der Waals surface area contributed by atoms with Gasteiger partial charge in [-0.05, 0) is 37.5 Å². The number of rotatable bonds is 6. The second kappa shape index (κ2) is 7.08. The van der Waals surface area contributed by atoms with Gasteiger partial charge >= 0.3 is 0 Å². The van der Waals surface area contributed by atoms with Gasteiger partial charge < -0.3 is 20.9 Å². The third-order valence-corrected chi connectivity index (χ3v) is 4.90. The van der Waals surface area contributed by atoms with E-state index in [2.05, 4.69) is 21.2 Å². The molecule has 122 valence electrons. The Hall–Kier alpha value is -0.950. The zero-order valence-electron chi connectivity index (χ0n) is 12.8. The van der Waals surface area contributed by atoms with Gasteiger partial charge in [0.2, 0.25) is 5.91 Å². The first-order valence-corrected chi connectivity index (χ1v) is 8.21. The number of aliphatic hydroxyl groups is 1. The first-order chi connectivity index (χ1) is 10.4. The second-order valence-corrected chi connectivity index (χ2v) is 7.08. The number of nitrogens with one attached hydrogen (secondary N) is 1. The topological polar surface area (TPSA) is 84.6 Å². The van der Waals surface area contributed by atoms with Crippen LogP contribution in [0.25, 0.3) is 0 Å². The molecule has 1 amide bonds. The molecule has 22 heavy (non-hydrogen) atoms. The largest absolute Gasteiger partial charge is 0.396 e. The zero-order chi connectivity index (χ0) is 16.2. The highest BCUT2D eigenvalue weighted by Crippen LogP contribution is 2.31. The number of hydrogen-bond donors (Lipinski definition) is 3. The van der Waals surface area contributed by atoms with E-state index in [-0.39, 0.29) is 17.9 Å². The van der Waals surface area contributed by atoms with Crippen molar-refractivity contribution >= 4 is 21.8 Å². The normalized spacial score (nSPS) is 24.0. The average Bonchev–Trinajstić information content (AvgIpc) is 2.94. The highest BCUT2D eigenvalue weighted by molar-refractivity contribution is 9.10. The second-order valence-electron chi connectivity index (χ2n) is 6.17. The minimum absolute atomic E-state index is 0.0891. The summed E-state index contributed by atoms with van der Waals surface area (Å²) in [6, 6.07) is 7.41. The van der Waals surface area contributed by atoms with Crippen LogP contribution in [-0.2, 0) is 15.1 Å². The number of aliphatic hydroxyl groups excluding tert-OH is 1. The van der Waals surface area contributed by atoms with Crippen molar-refractivity contribution in [3.8, 4) is 0 Å². The summed E-state index contributed by atoms with van der Waals surface area (Å²) in [5.74, 6) is -0.223. The van der Waals surface area contributed by atoms with Crippen molar-refractivity contribution in [1.82, 2.24) is 5.32 Å². The van der Waals surface area contributed by atoms with Crippen LogP contribution in [0.2, 0.25) is 0 Å². The van der Waals surface area contributed by atoms with Crippen LogP contribution in [0.3, 0.4) is 0 Å². The van der Waals surface area contributed by atoms with Crippen LogP contribution < -0.4 is 11.1 Å². The Bertz CT molecular complexity index is 511. The molecule has 2 unspecified atom stereocenters. The number of carbonyl (C=O) groups is 1. The van der Waals surface area contributed by atoms with Gasteiger partial charge in [-0.15, -0.1) is 0 Å². The predicted octanol–water partition coefficient (Wildman–Crippen LogP) is 1.53. The molecule has 0 radical (unpaired) electrons. The smallest absolute Gasteiger partial charge is 0.244 e. The molecule has 1 aliphatic heterocycles. The zero-order valence-corrected chi connectivity index (χ0v) is 14.4. The Labute approximate surface area is 139 Å². The Morgan fingerprint density at radius 3 is 2.73 bits per heavy atom. The molecule has 1 fully saturated rings. The highest BCUT2D eigenvalue weighted by atomic mass is 79.9. The van der Waals surface area contributed by atoms with Gasteiger partial charge in [-0.2, -0.15) is 0 Å². The SMILES string of the molecule is CC(N)(C(=O)NCC1(CCO)CCOC1)c1ccc(Br)cc1. The van der Waals surface area contributed by atoms with Crippen LogP contribution >= 0.6 is 15.9 Å². The third kappa shape index (κ3) is 3.87. The quantitative estimate of drug-likeness (QED) is 0.708. The van der Waals surface area contributed by atoms with E-state index in [0.717, 1.165) is 16.5 Å². The fourth-order valence-corrected chi connectivity index (χ4v) is 2.95. The van der Waals surface area contributed by atoms with E-state index >= 15 is 0 Å². The predicted molar refractivity (Wildman–Crippen MR) is 88.3 cm³/mol. The lowest BCUT2D eigenvalue weighted by molar-refractivity contribution is -0.126. The Balaban J connectivity index is 2.02. The molecule has 1 heterocycles. The molecule has 6 heteroatoms. The van der Waals surface area contributed by atoms with Gasteiger partial charge in [-0.25, -0.2) is 0 Å². The molecule has 0 spiro atoms. The van der Waals surface area contributed by atoms with Gasteiger partial charge in [0.15, 0.2) is 0 Å². The number of benzene rings is 1. The monoisotopic (exact) mass is 370 g/mol. The maximum absolute atomic E-state index is 12.5. The summed E-state index contributed by atoms with van der Waals surface area (Å²) in [5, 5.41) is 12.2. The average molecular weight is 371 g/mol.